The average Bonchev–Trinajstić information content (AvgIpc) is 3.99. The van der Waals surface area contributed by atoms with Crippen molar-refractivity contribution in [3.63, 3.8) is 0 Å². The molecule has 1 unspecified atom stereocenters. The summed E-state index contributed by atoms with van der Waals surface area (Å²) < 4.78 is 9.01. The first-order valence-electron chi connectivity index (χ1n) is 25.2. The number of nitro groups is 2. The first kappa shape index (κ1) is 62.5. The van der Waals surface area contributed by atoms with Gasteiger partial charge in [-0.05, 0) is 120 Å². The normalized spacial score (nSPS) is 15.3. The minimum atomic E-state index is -0.963. The summed E-state index contributed by atoms with van der Waals surface area (Å²) >= 11 is 0. The number of benzene rings is 6. The van der Waals surface area contributed by atoms with Gasteiger partial charge in [0, 0.05) is 72.8 Å². The summed E-state index contributed by atoms with van der Waals surface area (Å²) in [5.74, 6) is -1.53. The molecule has 0 bridgehead atoms. The summed E-state index contributed by atoms with van der Waals surface area (Å²) in [6.07, 6.45) is 4.23. The molecule has 6 aromatic carbocycles. The van der Waals surface area contributed by atoms with Gasteiger partial charge >= 0.3 is 11.9 Å². The molecular weight excluding hydrogens is 1060 g/mol. The average molecular weight is 1130 g/mol. The Labute approximate surface area is 465 Å². The molecule has 0 fully saturated rings. The summed E-state index contributed by atoms with van der Waals surface area (Å²) in [7, 11) is 0. The highest BCUT2D eigenvalue weighted by Crippen LogP contribution is 2.55. The van der Waals surface area contributed by atoms with E-state index in [1.807, 2.05) is 48.6 Å². The highest BCUT2D eigenvalue weighted by Gasteiger charge is 2.58. The van der Waals surface area contributed by atoms with Crippen LogP contribution in [0.25, 0.3) is 6.08 Å². The number of phenols is 1. The summed E-state index contributed by atoms with van der Waals surface area (Å²) in [4.78, 5) is 57.3. The molecule has 1 spiro atoms. The number of anilines is 1. The van der Waals surface area contributed by atoms with Crippen LogP contribution in [0.2, 0.25) is 0 Å². The maximum Gasteiger partial charge on any atom is 0.335 e. The van der Waals surface area contributed by atoms with Crippen molar-refractivity contribution in [2.75, 3.05) is 31.1 Å². The van der Waals surface area contributed by atoms with Crippen molar-refractivity contribution in [2.24, 2.45) is 0 Å². The largest absolute Gasteiger partial charge is 1.00 e. The lowest BCUT2D eigenvalue weighted by atomic mass is 9.76. The van der Waals surface area contributed by atoms with Crippen LogP contribution in [0.4, 0.5) is 22.7 Å². The van der Waals surface area contributed by atoms with Crippen LogP contribution in [0, 0.1) is 20.2 Å². The number of hydrogen-bond acceptors (Lipinski definition) is 12. The Balaban J connectivity index is 0.000000250. The molecule has 78 heavy (non-hydrogen) atoms. The molecule has 3 aliphatic rings. The topological polar surface area (TPSA) is 237 Å². The first-order chi connectivity index (χ1) is 36.5. The van der Waals surface area contributed by atoms with Crippen LogP contribution in [-0.4, -0.2) is 95.7 Å². The van der Waals surface area contributed by atoms with Gasteiger partial charge in [-0.3, -0.25) is 25.0 Å². The Kier molecular flexibility index (Phi) is 21.9. The van der Waals surface area contributed by atoms with Crippen LogP contribution in [0.5, 0.6) is 11.5 Å². The number of ether oxygens (including phenoxy) is 1. The molecule has 4 N–H and O–H groups in total. The Morgan fingerprint density at radius 1 is 0.718 bits per heavy atom. The second kappa shape index (κ2) is 27.3. The molecule has 412 valence electrons. The summed E-state index contributed by atoms with van der Waals surface area (Å²) in [5, 5.41) is 56.1. The van der Waals surface area contributed by atoms with E-state index in [9.17, 15) is 39.7 Å². The van der Waals surface area contributed by atoms with Crippen molar-refractivity contribution >= 4 is 52.8 Å². The number of nitro benzene ring substituents is 2. The van der Waals surface area contributed by atoms with E-state index < -0.39 is 32.9 Å². The van der Waals surface area contributed by atoms with Crippen LogP contribution < -0.4 is 26.6 Å². The Morgan fingerprint density at radius 3 is 1.73 bits per heavy atom. The van der Waals surface area contributed by atoms with Crippen molar-refractivity contribution in [2.45, 2.75) is 92.0 Å². The summed E-state index contributed by atoms with van der Waals surface area (Å²) in [6, 6.07) is 38.4. The summed E-state index contributed by atoms with van der Waals surface area (Å²) in [5.41, 5.74) is 7.76. The first-order valence-corrected chi connectivity index (χ1v) is 25.2. The van der Waals surface area contributed by atoms with Crippen LogP contribution in [-0.2, 0) is 23.9 Å². The molecule has 0 saturated heterocycles. The fourth-order valence-electron chi connectivity index (χ4n) is 9.35. The van der Waals surface area contributed by atoms with Crippen LogP contribution in [0.3, 0.4) is 0 Å². The highest BCUT2D eigenvalue weighted by molar-refractivity contribution is 5.93. The lowest BCUT2D eigenvalue weighted by Crippen LogP contribution is -3.00. The van der Waals surface area contributed by atoms with Gasteiger partial charge in [-0.25, -0.2) is 9.59 Å². The van der Waals surface area contributed by atoms with Crippen molar-refractivity contribution < 1.29 is 71.0 Å². The number of aliphatic hydroxyl groups is 1. The minimum absolute atomic E-state index is 0. The molecule has 18 heteroatoms. The number of aromatic hydroxyl groups is 1. The van der Waals surface area contributed by atoms with Crippen LogP contribution >= 0.6 is 0 Å². The van der Waals surface area contributed by atoms with E-state index in [1.54, 1.807) is 37.3 Å². The number of aliphatic hydroxyl groups excluding tert-OH is 1. The number of halogens is 1. The van der Waals surface area contributed by atoms with Gasteiger partial charge in [0.15, 0.2) is 18.5 Å². The predicted octanol–water partition coefficient (Wildman–Crippen LogP) is 8.84. The third kappa shape index (κ3) is 13.9. The van der Waals surface area contributed by atoms with E-state index in [4.69, 9.17) is 20.1 Å². The standard InChI is InChI=1S/C26H22N2O5.C19H19NO2.C7H5NO4.C6H15N.C2H6O.BrH/c1-25(2)21-5-3-4-6-22(21)27(16-17-7-9-18(10-8-17)24(29)30)26(25)14-13-19-15-20(28(31)32)11-12-23(19)33-26;1-13-19(2,3)16-6-4-5-7-17(16)20(13)12-14-8-10-15(11-9-14)18(21)22;9-4-5-3-6(8(11)12)1-2-7(5)10;1-4-7(5-2)6-3;1-2-3;/h3-15H,16H2,1-2H3,(H,29,30);4-11H,12H2,1-3H3;1-4,10H;4-6H2,1-3H3;3H,2H2,1H3;1H. The van der Waals surface area contributed by atoms with Gasteiger partial charge in [0.05, 0.1) is 37.4 Å². The maximum atomic E-state index is 11.2. The third-order valence-electron chi connectivity index (χ3n) is 14.1. The number of carboxylic acid groups (broad SMARTS) is 2. The van der Waals surface area contributed by atoms with Crippen molar-refractivity contribution in [1.82, 2.24) is 4.90 Å². The minimum Gasteiger partial charge on any atom is -1.00 e. The van der Waals surface area contributed by atoms with E-state index in [0.717, 1.165) is 47.1 Å². The lowest BCUT2D eigenvalue weighted by molar-refractivity contribution is -0.456. The fourth-order valence-corrected chi connectivity index (χ4v) is 9.35. The monoisotopic (exact) mass is 1130 g/mol. The third-order valence-corrected chi connectivity index (χ3v) is 14.1. The zero-order valence-electron chi connectivity index (χ0n) is 45.3. The highest BCUT2D eigenvalue weighted by atomic mass is 79.9. The van der Waals surface area contributed by atoms with Gasteiger partial charge in [0.25, 0.3) is 11.4 Å². The van der Waals surface area contributed by atoms with Gasteiger partial charge < -0.3 is 51.9 Å². The van der Waals surface area contributed by atoms with Gasteiger partial charge in [-0.2, -0.15) is 4.58 Å². The van der Waals surface area contributed by atoms with Gasteiger partial charge in [0.2, 0.25) is 11.4 Å². The SMILES string of the molecule is CC1(C)c2ccccc2N(Cc2ccc(C(=O)O)cc2)C12C=Cc1cc([N+](=O)[O-])ccc1O2.CC1=[N+](Cc2ccc(C(=O)O)cc2)c2ccccc2C1(C)C.CCN(CC)CC.CCO.O=Cc1cc([N+](=O)[O-])ccc1O.[Br-]. The smallest absolute Gasteiger partial charge is 0.335 e. The number of hydrogen-bond donors (Lipinski definition) is 4. The zero-order valence-corrected chi connectivity index (χ0v) is 46.9. The predicted molar refractivity (Wildman–Crippen MR) is 298 cm³/mol. The number of non-ortho nitro benzene ring substituents is 2. The van der Waals surface area contributed by atoms with Crippen molar-refractivity contribution in [1.29, 1.82) is 0 Å². The zero-order chi connectivity index (χ0) is 56.8. The van der Waals surface area contributed by atoms with Gasteiger partial charge in [-0.15, -0.1) is 0 Å². The number of aldehydes is 1. The number of phenolic OH excluding ortho intramolecular Hbond substituents is 1. The molecule has 0 amide bonds. The maximum absolute atomic E-state index is 11.2. The molecule has 0 radical (unpaired) electrons. The fraction of sp³-hybridized carbons (Fsp3) is 0.300. The Morgan fingerprint density at radius 2 is 1.22 bits per heavy atom. The van der Waals surface area contributed by atoms with Gasteiger partial charge in [-0.1, -0.05) is 81.4 Å². The Hall–Kier alpha value is -8.06. The van der Waals surface area contributed by atoms with Crippen molar-refractivity contribution in [3.8, 4) is 11.5 Å². The molecule has 9 rings (SSSR count). The van der Waals surface area contributed by atoms with Crippen LogP contribution in [0.15, 0.2) is 140 Å². The molecule has 0 aromatic heterocycles. The second-order valence-corrected chi connectivity index (χ2v) is 19.2. The number of carbonyl (C=O) groups excluding carboxylic acids is 1. The molecule has 3 heterocycles. The molecule has 3 aliphatic heterocycles. The van der Waals surface area contributed by atoms with E-state index in [1.165, 1.54) is 48.7 Å². The van der Waals surface area contributed by atoms with E-state index in [-0.39, 0.29) is 57.3 Å². The number of rotatable bonds is 12. The number of para-hydroxylation sites is 2. The number of aromatic carboxylic acids is 2. The molecular formula is C60H68BrN5O12. The van der Waals surface area contributed by atoms with Crippen molar-refractivity contribution in [3.05, 3.63) is 204 Å². The quantitative estimate of drug-likeness (QED) is 0.0388. The molecule has 0 aliphatic carbocycles. The molecule has 1 atom stereocenters. The lowest BCUT2D eigenvalue weighted by Gasteiger charge is -2.47. The Bertz CT molecular complexity index is 3150. The van der Waals surface area contributed by atoms with Gasteiger partial charge in [0.1, 0.15) is 11.5 Å². The summed E-state index contributed by atoms with van der Waals surface area (Å²) in [6.45, 7) is 24.2. The number of carboxylic acids is 2. The number of nitrogens with zero attached hydrogens (tertiary/aromatic N) is 5. The second-order valence-electron chi connectivity index (χ2n) is 19.2. The molecule has 0 saturated carbocycles. The number of fused-ring (bicyclic) bond motifs is 3. The molecule has 17 nitrogen and oxygen atoms in total. The molecule has 6 aromatic rings. The number of carbonyl (C=O) groups is 3. The van der Waals surface area contributed by atoms with E-state index in [2.05, 4.69) is 106 Å². The van der Waals surface area contributed by atoms with E-state index >= 15 is 0 Å². The van der Waals surface area contributed by atoms with Crippen LogP contribution in [0.1, 0.15) is 121 Å². The van der Waals surface area contributed by atoms with E-state index in [0.29, 0.717) is 29.7 Å².